The molecule has 0 aliphatic rings. The van der Waals surface area contributed by atoms with Gasteiger partial charge in [0.05, 0.1) is 6.04 Å². The maximum Gasteiger partial charge on any atom is 0.0598 e. The topological polar surface area (TPSA) is 12.0 Å². The predicted molar refractivity (Wildman–Crippen MR) is 51.1 cm³/mol. The van der Waals surface area contributed by atoms with Crippen molar-refractivity contribution in [3.8, 4) is 0 Å². The van der Waals surface area contributed by atoms with Gasteiger partial charge >= 0.3 is 0 Å². The van der Waals surface area contributed by atoms with Crippen LogP contribution in [0.1, 0.15) is 16.5 Å². The molecule has 0 radical (unpaired) electrons. The van der Waals surface area contributed by atoms with E-state index < -0.39 is 0 Å². The highest BCUT2D eigenvalue weighted by molar-refractivity contribution is 7.10. The van der Waals surface area contributed by atoms with Gasteiger partial charge in [-0.25, -0.2) is 0 Å². The van der Waals surface area contributed by atoms with Crippen LogP contribution in [0.3, 0.4) is 0 Å². The molecule has 0 aromatic carbocycles. The lowest BCUT2D eigenvalue weighted by atomic mass is 10.2. The fourth-order valence-electron chi connectivity index (χ4n) is 1.06. The quantitative estimate of drug-likeness (QED) is 0.682. The van der Waals surface area contributed by atoms with Crippen molar-refractivity contribution >= 4 is 11.3 Å². The Morgan fingerprint density at radius 3 is 2.82 bits per heavy atom. The van der Waals surface area contributed by atoms with Crippen LogP contribution in [0.15, 0.2) is 24.1 Å². The zero-order valence-corrected chi connectivity index (χ0v) is 7.74. The molecule has 0 aliphatic carbocycles. The fraction of sp³-hybridized carbons (Fsp3) is 0.333. The SMILES string of the molecule is C=CC(NC)c1sccc1C. The van der Waals surface area contributed by atoms with E-state index in [4.69, 9.17) is 0 Å². The summed E-state index contributed by atoms with van der Waals surface area (Å²) in [5.41, 5.74) is 1.34. The van der Waals surface area contributed by atoms with Crippen LogP contribution >= 0.6 is 11.3 Å². The molecule has 1 unspecified atom stereocenters. The maximum atomic E-state index is 3.77. The lowest BCUT2D eigenvalue weighted by molar-refractivity contribution is 0.725. The number of aryl methyl sites for hydroxylation is 1. The van der Waals surface area contributed by atoms with Crippen molar-refractivity contribution in [3.05, 3.63) is 34.5 Å². The molecule has 2 heteroatoms. The molecule has 0 amide bonds. The normalized spacial score (nSPS) is 12.9. The van der Waals surface area contributed by atoms with Gasteiger partial charge in [0.1, 0.15) is 0 Å². The third-order valence-corrected chi connectivity index (χ3v) is 2.83. The Bertz CT molecular complexity index is 239. The molecule has 1 N–H and O–H groups in total. The van der Waals surface area contributed by atoms with Crippen LogP contribution in [-0.2, 0) is 0 Å². The Labute approximate surface area is 71.8 Å². The van der Waals surface area contributed by atoms with Gasteiger partial charge in [0, 0.05) is 4.88 Å². The average Bonchev–Trinajstić information content (AvgIpc) is 2.40. The van der Waals surface area contributed by atoms with E-state index in [0.29, 0.717) is 6.04 Å². The van der Waals surface area contributed by atoms with E-state index in [1.54, 1.807) is 11.3 Å². The number of likely N-dealkylation sites (N-methyl/N-ethyl adjacent to an activating group) is 1. The summed E-state index contributed by atoms with van der Waals surface area (Å²) in [6, 6.07) is 2.45. The molecule has 1 heterocycles. The van der Waals surface area contributed by atoms with E-state index in [1.807, 2.05) is 13.1 Å². The maximum absolute atomic E-state index is 3.77. The monoisotopic (exact) mass is 167 g/mol. The largest absolute Gasteiger partial charge is 0.309 e. The summed E-state index contributed by atoms with van der Waals surface area (Å²) in [6.45, 7) is 5.90. The molecule has 0 fully saturated rings. The highest BCUT2D eigenvalue weighted by atomic mass is 32.1. The Morgan fingerprint density at radius 1 is 1.73 bits per heavy atom. The molecule has 1 rings (SSSR count). The van der Waals surface area contributed by atoms with Crippen molar-refractivity contribution in [2.75, 3.05) is 7.05 Å². The van der Waals surface area contributed by atoms with Crippen LogP contribution < -0.4 is 5.32 Å². The van der Waals surface area contributed by atoms with Crippen molar-refractivity contribution in [1.29, 1.82) is 0 Å². The predicted octanol–water partition coefficient (Wildman–Crippen LogP) is 2.50. The minimum Gasteiger partial charge on any atom is -0.309 e. The lowest BCUT2D eigenvalue weighted by Crippen LogP contribution is -2.12. The van der Waals surface area contributed by atoms with E-state index in [2.05, 4.69) is 30.3 Å². The Kier molecular flexibility index (Phi) is 2.85. The number of thiophene rings is 1. The minimum absolute atomic E-state index is 0.315. The smallest absolute Gasteiger partial charge is 0.0598 e. The first-order chi connectivity index (χ1) is 5.29. The summed E-state index contributed by atoms with van der Waals surface area (Å²) in [4.78, 5) is 1.36. The Hall–Kier alpha value is -0.600. The molecule has 0 bridgehead atoms. The first kappa shape index (κ1) is 8.50. The summed E-state index contributed by atoms with van der Waals surface area (Å²) >= 11 is 1.77. The average molecular weight is 167 g/mol. The summed E-state index contributed by atoms with van der Waals surface area (Å²) in [5.74, 6) is 0. The molecule has 0 spiro atoms. The number of hydrogen-bond donors (Lipinski definition) is 1. The number of nitrogens with one attached hydrogen (secondary N) is 1. The fourth-order valence-corrected chi connectivity index (χ4v) is 2.09. The third kappa shape index (κ3) is 1.70. The van der Waals surface area contributed by atoms with Gasteiger partial charge in [0.15, 0.2) is 0 Å². The molecule has 1 nitrogen and oxygen atoms in total. The Balaban J connectivity index is 2.89. The van der Waals surface area contributed by atoms with E-state index in [9.17, 15) is 0 Å². The van der Waals surface area contributed by atoms with E-state index >= 15 is 0 Å². The van der Waals surface area contributed by atoms with Crippen LogP contribution in [0.25, 0.3) is 0 Å². The van der Waals surface area contributed by atoms with Gasteiger partial charge < -0.3 is 5.32 Å². The van der Waals surface area contributed by atoms with Gasteiger partial charge in [-0.1, -0.05) is 6.08 Å². The highest BCUT2D eigenvalue weighted by Crippen LogP contribution is 2.23. The van der Waals surface area contributed by atoms with Crippen molar-refractivity contribution in [2.45, 2.75) is 13.0 Å². The molecule has 0 saturated heterocycles. The summed E-state index contributed by atoms with van der Waals surface area (Å²) < 4.78 is 0. The molecule has 11 heavy (non-hydrogen) atoms. The van der Waals surface area contributed by atoms with Crippen LogP contribution in [0.5, 0.6) is 0 Å². The van der Waals surface area contributed by atoms with Gasteiger partial charge in [-0.3, -0.25) is 0 Å². The van der Waals surface area contributed by atoms with Gasteiger partial charge in [0.25, 0.3) is 0 Å². The third-order valence-electron chi connectivity index (χ3n) is 1.73. The number of hydrogen-bond acceptors (Lipinski definition) is 2. The van der Waals surface area contributed by atoms with Crippen molar-refractivity contribution < 1.29 is 0 Å². The summed E-state index contributed by atoms with van der Waals surface area (Å²) in [5, 5.41) is 5.30. The van der Waals surface area contributed by atoms with Gasteiger partial charge in [-0.05, 0) is 31.0 Å². The lowest BCUT2D eigenvalue weighted by Gasteiger charge is -2.09. The molecular weight excluding hydrogens is 154 g/mol. The number of rotatable bonds is 3. The second-order valence-corrected chi connectivity index (χ2v) is 3.42. The van der Waals surface area contributed by atoms with Crippen LogP contribution in [0.2, 0.25) is 0 Å². The second-order valence-electron chi connectivity index (χ2n) is 2.47. The first-order valence-electron chi connectivity index (χ1n) is 3.63. The minimum atomic E-state index is 0.315. The molecule has 0 saturated carbocycles. The van der Waals surface area contributed by atoms with Crippen LogP contribution in [0.4, 0.5) is 0 Å². The Morgan fingerprint density at radius 2 is 2.45 bits per heavy atom. The summed E-state index contributed by atoms with van der Waals surface area (Å²) in [7, 11) is 1.95. The molecular formula is C9H13NS. The van der Waals surface area contributed by atoms with E-state index in [1.165, 1.54) is 10.4 Å². The summed E-state index contributed by atoms with van der Waals surface area (Å²) in [6.07, 6.45) is 1.93. The zero-order valence-electron chi connectivity index (χ0n) is 6.92. The zero-order chi connectivity index (χ0) is 8.27. The van der Waals surface area contributed by atoms with Crippen molar-refractivity contribution in [2.24, 2.45) is 0 Å². The molecule has 1 aromatic rings. The van der Waals surface area contributed by atoms with Crippen LogP contribution in [-0.4, -0.2) is 7.05 Å². The van der Waals surface area contributed by atoms with Crippen molar-refractivity contribution in [1.82, 2.24) is 5.32 Å². The highest BCUT2D eigenvalue weighted by Gasteiger charge is 2.07. The van der Waals surface area contributed by atoms with Gasteiger partial charge in [-0.15, -0.1) is 17.9 Å². The first-order valence-corrected chi connectivity index (χ1v) is 4.51. The second kappa shape index (κ2) is 3.69. The molecule has 1 atom stereocenters. The standard InChI is InChI=1S/C9H13NS/c1-4-8(10-3)9-7(2)5-6-11-9/h4-6,8,10H,1H2,2-3H3. The van der Waals surface area contributed by atoms with Crippen LogP contribution in [0, 0.1) is 6.92 Å². The molecule has 0 aliphatic heterocycles. The van der Waals surface area contributed by atoms with Crippen molar-refractivity contribution in [3.63, 3.8) is 0 Å². The van der Waals surface area contributed by atoms with Gasteiger partial charge in [0.2, 0.25) is 0 Å². The molecule has 60 valence electrons. The van der Waals surface area contributed by atoms with E-state index in [-0.39, 0.29) is 0 Å². The molecule has 1 aromatic heterocycles. The van der Waals surface area contributed by atoms with Gasteiger partial charge in [-0.2, -0.15) is 0 Å². The van der Waals surface area contributed by atoms with E-state index in [0.717, 1.165) is 0 Å².